The zero-order valence-electron chi connectivity index (χ0n) is 9.09. The first-order valence-electron chi connectivity index (χ1n) is 5.38. The van der Waals surface area contributed by atoms with Crippen molar-refractivity contribution in [2.75, 3.05) is 0 Å². The number of hydrogen-bond acceptors (Lipinski definition) is 3. The molecule has 1 aromatic carbocycles. The van der Waals surface area contributed by atoms with Gasteiger partial charge in [0.1, 0.15) is 6.61 Å². The Kier molecular flexibility index (Phi) is 2.34. The second-order valence-corrected chi connectivity index (χ2v) is 3.76. The first kappa shape index (κ1) is 9.99. The SMILES string of the molecule is OCc1nccc(-c2c[nH]c3ccccc23)n1. The van der Waals surface area contributed by atoms with Crippen LogP contribution in [0, 0.1) is 0 Å². The largest absolute Gasteiger partial charge is 0.388 e. The van der Waals surface area contributed by atoms with Crippen molar-refractivity contribution in [3.63, 3.8) is 0 Å². The number of aliphatic hydroxyl groups excluding tert-OH is 1. The van der Waals surface area contributed by atoms with Crippen molar-refractivity contribution in [3.8, 4) is 11.3 Å². The van der Waals surface area contributed by atoms with E-state index in [0.717, 1.165) is 22.2 Å². The maximum absolute atomic E-state index is 9.04. The van der Waals surface area contributed by atoms with Gasteiger partial charge in [-0.3, -0.25) is 0 Å². The normalized spacial score (nSPS) is 10.9. The summed E-state index contributed by atoms with van der Waals surface area (Å²) in [5.41, 5.74) is 2.92. The molecule has 0 radical (unpaired) electrons. The fourth-order valence-corrected chi connectivity index (χ4v) is 1.91. The van der Waals surface area contributed by atoms with Crippen molar-refractivity contribution in [2.45, 2.75) is 6.61 Å². The molecular weight excluding hydrogens is 214 g/mol. The first-order chi connectivity index (χ1) is 8.38. The third-order valence-corrected chi connectivity index (χ3v) is 2.71. The number of nitrogens with one attached hydrogen (secondary N) is 1. The summed E-state index contributed by atoms with van der Waals surface area (Å²) in [5.74, 6) is 0.438. The van der Waals surface area contributed by atoms with Gasteiger partial charge in [-0.25, -0.2) is 9.97 Å². The average Bonchev–Trinajstić information content (AvgIpc) is 2.82. The zero-order chi connectivity index (χ0) is 11.7. The van der Waals surface area contributed by atoms with Crippen LogP contribution in [0.5, 0.6) is 0 Å². The maximum Gasteiger partial charge on any atom is 0.154 e. The molecule has 0 unspecified atom stereocenters. The molecule has 0 saturated carbocycles. The van der Waals surface area contributed by atoms with Crippen LogP contribution < -0.4 is 0 Å². The molecule has 84 valence electrons. The Bertz CT molecular complexity index is 660. The molecule has 3 aromatic rings. The number of aromatic amines is 1. The minimum atomic E-state index is -0.143. The highest BCUT2D eigenvalue weighted by Crippen LogP contribution is 2.26. The summed E-state index contributed by atoms with van der Waals surface area (Å²) in [4.78, 5) is 11.5. The molecule has 0 amide bonds. The van der Waals surface area contributed by atoms with Crippen LogP contribution in [0.1, 0.15) is 5.82 Å². The lowest BCUT2D eigenvalue weighted by atomic mass is 10.1. The summed E-state index contributed by atoms with van der Waals surface area (Å²) < 4.78 is 0. The monoisotopic (exact) mass is 225 g/mol. The van der Waals surface area contributed by atoms with E-state index in [2.05, 4.69) is 15.0 Å². The molecule has 0 spiro atoms. The van der Waals surface area contributed by atoms with Crippen LogP contribution in [-0.4, -0.2) is 20.1 Å². The van der Waals surface area contributed by atoms with Gasteiger partial charge in [0, 0.05) is 28.9 Å². The fourth-order valence-electron chi connectivity index (χ4n) is 1.91. The molecule has 0 aliphatic carbocycles. The molecule has 17 heavy (non-hydrogen) atoms. The van der Waals surface area contributed by atoms with E-state index in [1.807, 2.05) is 36.5 Å². The van der Waals surface area contributed by atoms with Crippen molar-refractivity contribution in [1.82, 2.24) is 15.0 Å². The van der Waals surface area contributed by atoms with Crippen LogP contribution in [0.2, 0.25) is 0 Å². The van der Waals surface area contributed by atoms with Gasteiger partial charge in [0.15, 0.2) is 5.82 Å². The molecule has 4 heteroatoms. The van der Waals surface area contributed by atoms with Gasteiger partial charge in [-0.2, -0.15) is 0 Å². The van der Waals surface area contributed by atoms with E-state index in [1.165, 1.54) is 0 Å². The van der Waals surface area contributed by atoms with Crippen molar-refractivity contribution < 1.29 is 5.11 Å². The van der Waals surface area contributed by atoms with Gasteiger partial charge in [0.05, 0.1) is 5.69 Å². The first-order valence-corrected chi connectivity index (χ1v) is 5.38. The minimum Gasteiger partial charge on any atom is -0.388 e. The van der Waals surface area contributed by atoms with Crippen LogP contribution >= 0.6 is 0 Å². The van der Waals surface area contributed by atoms with Crippen molar-refractivity contribution in [3.05, 3.63) is 48.5 Å². The Balaban J connectivity index is 2.20. The topological polar surface area (TPSA) is 61.8 Å². The van der Waals surface area contributed by atoms with Gasteiger partial charge in [-0.05, 0) is 12.1 Å². The zero-order valence-corrected chi connectivity index (χ0v) is 9.09. The highest BCUT2D eigenvalue weighted by Gasteiger charge is 2.07. The standard InChI is InChI=1S/C13H11N3O/c17-8-13-14-6-5-12(16-13)10-7-15-11-4-2-1-3-9(10)11/h1-7,15,17H,8H2. The Morgan fingerprint density at radius 3 is 2.94 bits per heavy atom. The lowest BCUT2D eigenvalue weighted by molar-refractivity contribution is 0.271. The molecule has 0 bridgehead atoms. The summed E-state index contributed by atoms with van der Waals surface area (Å²) in [6.07, 6.45) is 3.59. The van der Waals surface area contributed by atoms with Gasteiger partial charge in [-0.1, -0.05) is 18.2 Å². The van der Waals surface area contributed by atoms with Gasteiger partial charge in [-0.15, -0.1) is 0 Å². The summed E-state index contributed by atoms with van der Waals surface area (Å²) >= 11 is 0. The average molecular weight is 225 g/mol. The van der Waals surface area contributed by atoms with Crippen molar-refractivity contribution >= 4 is 10.9 Å². The van der Waals surface area contributed by atoms with E-state index in [4.69, 9.17) is 5.11 Å². The molecule has 0 aliphatic rings. The predicted molar refractivity (Wildman–Crippen MR) is 65.2 cm³/mol. The number of H-pyrrole nitrogens is 1. The maximum atomic E-state index is 9.04. The molecular formula is C13H11N3O. The highest BCUT2D eigenvalue weighted by atomic mass is 16.3. The summed E-state index contributed by atoms with van der Waals surface area (Å²) in [6.45, 7) is -0.143. The van der Waals surface area contributed by atoms with Crippen molar-refractivity contribution in [2.24, 2.45) is 0 Å². The van der Waals surface area contributed by atoms with Crippen LogP contribution in [0.4, 0.5) is 0 Å². The van der Waals surface area contributed by atoms with E-state index < -0.39 is 0 Å². The molecule has 2 heterocycles. The molecule has 3 rings (SSSR count). The number of benzene rings is 1. The Morgan fingerprint density at radius 1 is 1.18 bits per heavy atom. The fraction of sp³-hybridized carbons (Fsp3) is 0.0769. The van der Waals surface area contributed by atoms with Gasteiger partial charge in [0.2, 0.25) is 0 Å². The van der Waals surface area contributed by atoms with E-state index in [9.17, 15) is 0 Å². The highest BCUT2D eigenvalue weighted by molar-refractivity contribution is 5.94. The number of aromatic nitrogens is 3. The third-order valence-electron chi connectivity index (χ3n) is 2.71. The second kappa shape index (κ2) is 3.99. The number of hydrogen-bond donors (Lipinski definition) is 2. The number of fused-ring (bicyclic) bond motifs is 1. The molecule has 0 fully saturated rings. The van der Waals surface area contributed by atoms with Crippen LogP contribution in [0.3, 0.4) is 0 Å². The minimum absolute atomic E-state index is 0.143. The molecule has 0 atom stereocenters. The van der Waals surface area contributed by atoms with Crippen molar-refractivity contribution in [1.29, 1.82) is 0 Å². The predicted octanol–water partition coefficient (Wildman–Crippen LogP) is 2.12. The number of rotatable bonds is 2. The Hall–Kier alpha value is -2.20. The van der Waals surface area contributed by atoms with Gasteiger partial charge < -0.3 is 10.1 Å². The Morgan fingerprint density at radius 2 is 2.06 bits per heavy atom. The van der Waals surface area contributed by atoms with E-state index in [-0.39, 0.29) is 6.61 Å². The number of nitrogens with zero attached hydrogens (tertiary/aromatic N) is 2. The number of aliphatic hydroxyl groups is 1. The molecule has 0 aliphatic heterocycles. The van der Waals surface area contributed by atoms with Crippen LogP contribution in [0.15, 0.2) is 42.7 Å². The van der Waals surface area contributed by atoms with Gasteiger partial charge in [0.25, 0.3) is 0 Å². The molecule has 4 nitrogen and oxygen atoms in total. The van der Waals surface area contributed by atoms with E-state index in [1.54, 1.807) is 6.20 Å². The Labute approximate surface area is 98.0 Å². The van der Waals surface area contributed by atoms with Crippen LogP contribution in [-0.2, 0) is 6.61 Å². The summed E-state index contributed by atoms with van der Waals surface area (Å²) in [5, 5.41) is 10.2. The summed E-state index contributed by atoms with van der Waals surface area (Å²) in [7, 11) is 0. The lowest BCUT2D eigenvalue weighted by Gasteiger charge is -2.00. The molecule has 0 saturated heterocycles. The molecule has 2 aromatic heterocycles. The quantitative estimate of drug-likeness (QED) is 0.702. The summed E-state index contributed by atoms with van der Waals surface area (Å²) in [6, 6.07) is 9.89. The van der Waals surface area contributed by atoms with Crippen LogP contribution in [0.25, 0.3) is 22.2 Å². The van der Waals surface area contributed by atoms with E-state index >= 15 is 0 Å². The third kappa shape index (κ3) is 1.68. The number of para-hydroxylation sites is 1. The smallest absolute Gasteiger partial charge is 0.154 e. The lowest BCUT2D eigenvalue weighted by Crippen LogP contribution is -1.94. The van der Waals surface area contributed by atoms with E-state index in [0.29, 0.717) is 5.82 Å². The second-order valence-electron chi connectivity index (χ2n) is 3.76. The molecule has 2 N–H and O–H groups in total. The van der Waals surface area contributed by atoms with Gasteiger partial charge >= 0.3 is 0 Å².